The van der Waals surface area contributed by atoms with E-state index < -0.39 is 12.2 Å². The summed E-state index contributed by atoms with van der Waals surface area (Å²) in [6, 6.07) is 18.4. The van der Waals surface area contributed by atoms with E-state index in [-0.39, 0.29) is 36.5 Å². The third-order valence-electron chi connectivity index (χ3n) is 11.9. The number of benzene rings is 3. The van der Waals surface area contributed by atoms with E-state index in [2.05, 4.69) is 74.4 Å². The molecule has 2 aliphatic rings. The summed E-state index contributed by atoms with van der Waals surface area (Å²) in [4.78, 5) is 62.4. The van der Waals surface area contributed by atoms with Crippen molar-refractivity contribution in [3.63, 3.8) is 0 Å². The second-order valence-corrected chi connectivity index (χ2v) is 15.8. The number of ether oxygens (including phenoxy) is 2. The van der Waals surface area contributed by atoms with Crippen LogP contribution >= 0.6 is 0 Å². The summed E-state index contributed by atoms with van der Waals surface area (Å²) in [6.45, 7) is 6.32. The van der Waals surface area contributed by atoms with Crippen molar-refractivity contribution in [1.82, 2.24) is 45.4 Å². The van der Waals surface area contributed by atoms with Gasteiger partial charge in [0.05, 0.1) is 54.9 Å². The fraction of sp³-hybridized carbons (Fsp3) is 0.364. The highest BCUT2D eigenvalue weighted by Gasteiger charge is 2.33. The van der Waals surface area contributed by atoms with Gasteiger partial charge < -0.3 is 39.4 Å². The first-order valence-electron chi connectivity index (χ1n) is 20.2. The average molecular weight is 798 g/mol. The van der Waals surface area contributed by atoms with Crippen molar-refractivity contribution in [2.24, 2.45) is 5.92 Å². The Morgan fingerprint density at radius 3 is 2.34 bits per heavy atom. The first-order valence-corrected chi connectivity index (χ1v) is 20.2. The van der Waals surface area contributed by atoms with Gasteiger partial charge in [-0.3, -0.25) is 14.7 Å². The molecule has 15 nitrogen and oxygen atoms in total. The maximum Gasteiger partial charge on any atom is 0.407 e. The van der Waals surface area contributed by atoms with Crippen LogP contribution in [-0.4, -0.2) is 99.3 Å². The zero-order valence-corrected chi connectivity index (χ0v) is 33.5. The molecule has 0 radical (unpaired) electrons. The van der Waals surface area contributed by atoms with Crippen molar-refractivity contribution in [2.75, 3.05) is 40.4 Å². The molecule has 2 bridgehead atoms. The SMILES string of the molecule is COC(=O)NCC(=O)N1CCCC1c1nc2ccc(-c3ccc(-c4ccc(-c5cnc(C6CCCN6CC(NC(=O)OC)C(C)C)[nH]5)cn4)c4c5ccc(o5)c34)cc2[nH]1. The normalized spacial score (nSPS) is 17.7. The molecule has 0 saturated carbocycles. The van der Waals surface area contributed by atoms with E-state index in [0.29, 0.717) is 13.1 Å². The molecule has 2 aliphatic heterocycles. The molecule has 4 N–H and O–H groups in total. The molecule has 3 atom stereocenters. The number of aromatic amines is 2. The lowest BCUT2D eigenvalue weighted by Crippen LogP contribution is -2.46. The third kappa shape index (κ3) is 7.19. The number of nitrogens with one attached hydrogen (secondary N) is 4. The molecule has 0 spiro atoms. The topological polar surface area (TPSA) is 184 Å². The van der Waals surface area contributed by atoms with Gasteiger partial charge in [-0.25, -0.2) is 19.6 Å². The van der Waals surface area contributed by atoms with Crippen LogP contribution in [-0.2, 0) is 14.3 Å². The van der Waals surface area contributed by atoms with Gasteiger partial charge in [0.15, 0.2) is 0 Å². The zero-order valence-electron chi connectivity index (χ0n) is 33.5. The molecular formula is C44H47N9O6. The Labute approximate surface area is 340 Å². The lowest BCUT2D eigenvalue weighted by molar-refractivity contribution is -0.131. The number of likely N-dealkylation sites (tertiary alicyclic amines) is 2. The van der Waals surface area contributed by atoms with Gasteiger partial charge in [0, 0.05) is 47.2 Å². The molecular weight excluding hydrogens is 751 g/mol. The van der Waals surface area contributed by atoms with Crippen molar-refractivity contribution in [3.8, 4) is 33.6 Å². The highest BCUT2D eigenvalue weighted by Crippen LogP contribution is 2.44. The lowest BCUT2D eigenvalue weighted by atomic mass is 9.93. The van der Waals surface area contributed by atoms with E-state index in [0.717, 1.165) is 110 Å². The maximum absolute atomic E-state index is 13.0. The number of fused-ring (bicyclic) bond motifs is 6. The Hall–Kier alpha value is -6.48. The van der Waals surface area contributed by atoms with Crippen LogP contribution in [0.4, 0.5) is 9.59 Å². The van der Waals surface area contributed by atoms with Crippen molar-refractivity contribution in [1.29, 1.82) is 0 Å². The van der Waals surface area contributed by atoms with Crippen molar-refractivity contribution in [2.45, 2.75) is 57.7 Å². The standard InChI is InChI=1S/C44H47N9O6/c1-24(2)33(51-44(56)58-4)23-52-17-5-7-34(52)41-46-21-32(50-41)26-10-13-29(45-20-26)28-12-11-27(39-36-15-16-37(59-36)40(28)39)25-9-14-30-31(19-25)49-42(48-30)35-8-6-18-53(35)38(54)22-47-43(55)57-3/h9-16,19-21,24,33-35H,5-8,17-18,22-23H2,1-4H3,(H,46,50)(H,47,55)(H,48,49)(H,51,56). The number of rotatable bonds is 11. The number of H-pyrrole nitrogens is 2. The molecule has 5 aromatic heterocycles. The minimum absolute atomic E-state index is 0.0379. The van der Waals surface area contributed by atoms with E-state index >= 15 is 0 Å². The van der Waals surface area contributed by atoms with Crippen molar-refractivity contribution in [3.05, 3.63) is 78.6 Å². The summed E-state index contributed by atoms with van der Waals surface area (Å²) in [5, 5.41) is 7.52. The van der Waals surface area contributed by atoms with Gasteiger partial charge >= 0.3 is 12.2 Å². The summed E-state index contributed by atoms with van der Waals surface area (Å²) in [5.74, 6) is 1.71. The van der Waals surface area contributed by atoms with E-state index in [9.17, 15) is 14.4 Å². The summed E-state index contributed by atoms with van der Waals surface area (Å²) in [7, 11) is 2.66. The minimum atomic E-state index is -0.638. The Morgan fingerprint density at radius 1 is 0.831 bits per heavy atom. The van der Waals surface area contributed by atoms with E-state index in [4.69, 9.17) is 24.1 Å². The molecule has 59 heavy (non-hydrogen) atoms. The molecule has 3 amide bonds. The maximum atomic E-state index is 13.0. The predicted octanol–water partition coefficient (Wildman–Crippen LogP) is 7.56. The number of aromatic nitrogens is 5. The highest BCUT2D eigenvalue weighted by molar-refractivity contribution is 6.19. The number of methoxy groups -OCH3 is 2. The van der Waals surface area contributed by atoms with Crippen LogP contribution in [0.5, 0.6) is 0 Å². The van der Waals surface area contributed by atoms with Crippen molar-refractivity contribution < 1.29 is 28.3 Å². The molecule has 9 rings (SSSR count). The number of carbonyl (C=O) groups excluding carboxylic acids is 3. The van der Waals surface area contributed by atoms with E-state index in [1.54, 1.807) is 4.90 Å². The third-order valence-corrected chi connectivity index (χ3v) is 11.9. The monoisotopic (exact) mass is 797 g/mol. The highest BCUT2D eigenvalue weighted by atomic mass is 16.5. The van der Waals surface area contributed by atoms with Crippen LogP contribution in [0.25, 0.3) is 66.6 Å². The number of imidazole rings is 2. The Bertz CT molecular complexity index is 2650. The number of amides is 3. The Kier molecular flexibility index (Phi) is 10.1. The van der Waals surface area contributed by atoms with Crippen LogP contribution in [0.15, 0.2) is 71.4 Å². The minimum Gasteiger partial charge on any atom is -0.456 e. The van der Waals surface area contributed by atoms with Gasteiger partial charge in [0.2, 0.25) is 5.91 Å². The zero-order chi connectivity index (χ0) is 40.8. The van der Waals surface area contributed by atoms with Gasteiger partial charge in [-0.2, -0.15) is 0 Å². The number of hydrogen-bond donors (Lipinski definition) is 4. The number of furan rings is 2. The first-order chi connectivity index (χ1) is 28.7. The van der Waals surface area contributed by atoms with Gasteiger partial charge in [0.1, 0.15) is 29.4 Å². The van der Waals surface area contributed by atoms with Crippen LogP contribution < -0.4 is 10.6 Å². The van der Waals surface area contributed by atoms with E-state index in [1.165, 1.54) is 14.2 Å². The van der Waals surface area contributed by atoms with Gasteiger partial charge in [-0.1, -0.05) is 32.0 Å². The fourth-order valence-electron chi connectivity index (χ4n) is 8.81. The molecule has 7 heterocycles. The molecule has 3 unspecified atom stereocenters. The summed E-state index contributed by atoms with van der Waals surface area (Å²) >= 11 is 0. The molecule has 7 aromatic rings. The van der Waals surface area contributed by atoms with Gasteiger partial charge in [-0.15, -0.1) is 0 Å². The second-order valence-electron chi connectivity index (χ2n) is 15.8. The molecule has 2 aromatic carbocycles. The number of carbonyl (C=O) groups is 3. The first kappa shape index (κ1) is 38.1. The Morgan fingerprint density at radius 2 is 1.58 bits per heavy atom. The quantitative estimate of drug-likeness (QED) is 0.102. The molecule has 2 fully saturated rings. The van der Waals surface area contributed by atoms with Crippen LogP contribution in [0.1, 0.15) is 63.3 Å². The number of nitrogens with zero attached hydrogens (tertiary/aromatic N) is 5. The molecule has 2 saturated heterocycles. The van der Waals surface area contributed by atoms with Gasteiger partial charge in [0.25, 0.3) is 0 Å². The van der Waals surface area contributed by atoms with Crippen LogP contribution in [0.3, 0.4) is 0 Å². The largest absolute Gasteiger partial charge is 0.456 e. The Balaban J connectivity index is 0.949. The summed E-state index contributed by atoms with van der Waals surface area (Å²) in [5.41, 5.74) is 8.98. The van der Waals surface area contributed by atoms with E-state index in [1.807, 2.05) is 36.7 Å². The number of alkyl carbamates (subject to hydrolysis) is 2. The molecule has 304 valence electrons. The summed E-state index contributed by atoms with van der Waals surface area (Å²) in [6.07, 6.45) is 6.38. The van der Waals surface area contributed by atoms with Gasteiger partial charge in [-0.05, 0) is 85.7 Å². The van der Waals surface area contributed by atoms with Crippen molar-refractivity contribution >= 4 is 51.1 Å². The summed E-state index contributed by atoms with van der Waals surface area (Å²) < 4.78 is 15.8. The average Bonchev–Trinajstić information content (AvgIpc) is 4.12. The lowest BCUT2D eigenvalue weighted by Gasteiger charge is -2.30. The smallest absolute Gasteiger partial charge is 0.407 e. The van der Waals surface area contributed by atoms with Crippen LogP contribution in [0.2, 0.25) is 0 Å². The second kappa shape index (κ2) is 15.7. The van der Waals surface area contributed by atoms with Crippen LogP contribution in [0, 0.1) is 5.92 Å². The fourth-order valence-corrected chi connectivity index (χ4v) is 8.81. The molecule has 15 heteroatoms. The number of pyridine rings is 1. The molecule has 0 aliphatic carbocycles. The predicted molar refractivity (Wildman–Crippen MR) is 223 cm³/mol. The number of hydrogen-bond acceptors (Lipinski definition) is 10.